The molecule has 17 heavy (non-hydrogen) atoms. The molecule has 1 aliphatic heterocycles. The molecule has 3 rings (SSSR count). The predicted molar refractivity (Wildman–Crippen MR) is 75.4 cm³/mol. The molecule has 1 aromatic carbocycles. The zero-order chi connectivity index (χ0) is 11.8. The van der Waals surface area contributed by atoms with Gasteiger partial charge < -0.3 is 10.6 Å². The van der Waals surface area contributed by atoms with E-state index in [4.69, 9.17) is 5.73 Å². The monoisotopic (exact) mass is 294 g/mol. The van der Waals surface area contributed by atoms with Crippen LogP contribution in [0.1, 0.15) is 24.8 Å². The molecule has 0 radical (unpaired) electrons. The summed E-state index contributed by atoms with van der Waals surface area (Å²) in [6.45, 7) is 1.97. The fraction of sp³-hybridized carbons (Fsp3) is 0.571. The van der Waals surface area contributed by atoms with Crippen molar-refractivity contribution in [2.24, 2.45) is 11.7 Å². The van der Waals surface area contributed by atoms with Gasteiger partial charge in [-0.05, 0) is 55.8 Å². The summed E-state index contributed by atoms with van der Waals surface area (Å²) in [7, 11) is 0. The van der Waals surface area contributed by atoms with Crippen LogP contribution in [0.4, 0.5) is 5.69 Å². The van der Waals surface area contributed by atoms with Crippen molar-refractivity contribution in [2.45, 2.75) is 31.7 Å². The number of nitrogens with zero attached hydrogens (tertiary/aromatic N) is 1. The van der Waals surface area contributed by atoms with E-state index in [1.165, 1.54) is 41.5 Å². The Balaban J connectivity index is 1.82. The van der Waals surface area contributed by atoms with E-state index in [9.17, 15) is 0 Å². The van der Waals surface area contributed by atoms with Gasteiger partial charge in [-0.25, -0.2) is 0 Å². The standard InChI is InChI=1S/C14H19BrN2/c15-14-8-13(4-2-11(14)5-6-16)17-9-10-1-3-12(17)7-10/h2,4,8,10,12H,1,3,5-7,9,16H2. The molecule has 2 fully saturated rings. The zero-order valence-corrected chi connectivity index (χ0v) is 11.6. The fourth-order valence-corrected chi connectivity index (χ4v) is 3.88. The van der Waals surface area contributed by atoms with Crippen LogP contribution in [-0.2, 0) is 6.42 Å². The van der Waals surface area contributed by atoms with E-state index >= 15 is 0 Å². The second-order valence-corrected chi connectivity index (χ2v) is 6.15. The first-order chi connectivity index (χ1) is 8.28. The number of piperidine rings is 1. The highest BCUT2D eigenvalue weighted by atomic mass is 79.9. The van der Waals surface area contributed by atoms with Crippen molar-refractivity contribution >= 4 is 21.6 Å². The minimum Gasteiger partial charge on any atom is -0.368 e. The Labute approximate surface area is 111 Å². The lowest BCUT2D eigenvalue weighted by molar-refractivity contribution is 0.553. The third kappa shape index (κ3) is 2.11. The molecular weight excluding hydrogens is 276 g/mol. The van der Waals surface area contributed by atoms with Gasteiger partial charge in [0.1, 0.15) is 0 Å². The quantitative estimate of drug-likeness (QED) is 0.929. The summed E-state index contributed by atoms with van der Waals surface area (Å²) in [6.07, 6.45) is 5.18. The smallest absolute Gasteiger partial charge is 0.0380 e. The van der Waals surface area contributed by atoms with Gasteiger partial charge in [0, 0.05) is 22.7 Å². The minimum atomic E-state index is 0.715. The summed E-state index contributed by atoms with van der Waals surface area (Å²) in [5.41, 5.74) is 8.31. The second-order valence-electron chi connectivity index (χ2n) is 5.30. The normalized spacial score (nSPS) is 26.8. The Morgan fingerprint density at radius 2 is 2.24 bits per heavy atom. The molecule has 92 valence electrons. The SMILES string of the molecule is NCCc1ccc(N2CC3CCC2C3)cc1Br. The summed E-state index contributed by atoms with van der Waals surface area (Å²) in [5, 5.41) is 0. The highest BCUT2D eigenvalue weighted by Crippen LogP contribution is 2.40. The first-order valence-corrected chi connectivity index (χ1v) is 7.32. The van der Waals surface area contributed by atoms with Gasteiger partial charge in [0.05, 0.1) is 0 Å². The minimum absolute atomic E-state index is 0.715. The molecule has 2 atom stereocenters. The van der Waals surface area contributed by atoms with Gasteiger partial charge >= 0.3 is 0 Å². The van der Waals surface area contributed by atoms with Crippen LogP contribution in [0, 0.1) is 5.92 Å². The number of benzene rings is 1. The second kappa shape index (κ2) is 4.62. The number of hydrogen-bond donors (Lipinski definition) is 1. The molecule has 1 saturated heterocycles. The molecule has 1 aliphatic carbocycles. The molecule has 3 heteroatoms. The van der Waals surface area contributed by atoms with E-state index in [1.807, 2.05) is 0 Å². The van der Waals surface area contributed by atoms with Gasteiger partial charge in [-0.15, -0.1) is 0 Å². The molecule has 2 N–H and O–H groups in total. The summed E-state index contributed by atoms with van der Waals surface area (Å²) < 4.78 is 1.21. The van der Waals surface area contributed by atoms with Crippen LogP contribution < -0.4 is 10.6 Å². The summed E-state index contributed by atoms with van der Waals surface area (Å²) >= 11 is 3.67. The largest absolute Gasteiger partial charge is 0.368 e. The lowest BCUT2D eigenvalue weighted by Crippen LogP contribution is -2.31. The molecule has 0 spiro atoms. The zero-order valence-electron chi connectivity index (χ0n) is 10.0. The molecule has 0 amide bonds. The van der Waals surface area contributed by atoms with Crippen molar-refractivity contribution < 1.29 is 0 Å². The van der Waals surface area contributed by atoms with Gasteiger partial charge in [0.15, 0.2) is 0 Å². The lowest BCUT2D eigenvalue weighted by Gasteiger charge is -2.29. The van der Waals surface area contributed by atoms with E-state index in [2.05, 4.69) is 39.0 Å². The molecular formula is C14H19BrN2. The first-order valence-electron chi connectivity index (χ1n) is 6.53. The van der Waals surface area contributed by atoms with Gasteiger partial charge in [-0.1, -0.05) is 22.0 Å². The maximum Gasteiger partial charge on any atom is 0.0380 e. The Morgan fingerprint density at radius 3 is 2.82 bits per heavy atom. The van der Waals surface area contributed by atoms with Crippen molar-refractivity contribution in [3.8, 4) is 0 Å². The molecule has 2 unspecified atom stereocenters. The first kappa shape index (κ1) is 11.5. The summed E-state index contributed by atoms with van der Waals surface area (Å²) in [5.74, 6) is 0.947. The van der Waals surface area contributed by atoms with Crippen LogP contribution in [0.5, 0.6) is 0 Å². The van der Waals surface area contributed by atoms with E-state index in [-0.39, 0.29) is 0 Å². The summed E-state index contributed by atoms with van der Waals surface area (Å²) in [6, 6.07) is 7.55. The van der Waals surface area contributed by atoms with Crippen LogP contribution >= 0.6 is 15.9 Å². The van der Waals surface area contributed by atoms with E-state index < -0.39 is 0 Å². The van der Waals surface area contributed by atoms with Crippen molar-refractivity contribution in [2.75, 3.05) is 18.0 Å². The van der Waals surface area contributed by atoms with Gasteiger partial charge in [0.2, 0.25) is 0 Å². The highest BCUT2D eigenvalue weighted by molar-refractivity contribution is 9.10. The van der Waals surface area contributed by atoms with Gasteiger partial charge in [-0.2, -0.15) is 0 Å². The van der Waals surface area contributed by atoms with Crippen molar-refractivity contribution in [3.63, 3.8) is 0 Å². The highest BCUT2D eigenvalue weighted by Gasteiger charge is 2.37. The Morgan fingerprint density at radius 1 is 1.35 bits per heavy atom. The maximum atomic E-state index is 5.61. The van der Waals surface area contributed by atoms with Crippen LogP contribution in [0.2, 0.25) is 0 Å². The van der Waals surface area contributed by atoms with Gasteiger partial charge in [0.25, 0.3) is 0 Å². The average molecular weight is 295 g/mol. The Kier molecular flexibility index (Phi) is 3.14. The van der Waals surface area contributed by atoms with E-state index in [0.717, 1.165) is 18.4 Å². The van der Waals surface area contributed by atoms with Crippen LogP contribution in [0.15, 0.2) is 22.7 Å². The predicted octanol–water partition coefficient (Wildman–Crippen LogP) is 2.94. The van der Waals surface area contributed by atoms with Crippen molar-refractivity contribution in [1.29, 1.82) is 0 Å². The Bertz CT molecular complexity index is 419. The number of fused-ring (bicyclic) bond motifs is 2. The molecule has 2 nitrogen and oxygen atoms in total. The van der Waals surface area contributed by atoms with Crippen LogP contribution in [0.25, 0.3) is 0 Å². The van der Waals surface area contributed by atoms with Crippen LogP contribution in [0.3, 0.4) is 0 Å². The molecule has 1 heterocycles. The number of anilines is 1. The lowest BCUT2D eigenvalue weighted by atomic mass is 10.1. The number of halogens is 1. The molecule has 1 aromatic rings. The third-order valence-electron chi connectivity index (χ3n) is 4.19. The number of hydrogen-bond acceptors (Lipinski definition) is 2. The molecule has 1 saturated carbocycles. The topological polar surface area (TPSA) is 29.3 Å². The molecule has 2 bridgehead atoms. The van der Waals surface area contributed by atoms with Crippen molar-refractivity contribution in [1.82, 2.24) is 0 Å². The van der Waals surface area contributed by atoms with Crippen LogP contribution in [-0.4, -0.2) is 19.1 Å². The molecule has 0 aromatic heterocycles. The van der Waals surface area contributed by atoms with E-state index in [0.29, 0.717) is 6.54 Å². The Hall–Kier alpha value is -0.540. The maximum absolute atomic E-state index is 5.61. The third-order valence-corrected chi connectivity index (χ3v) is 4.93. The van der Waals surface area contributed by atoms with E-state index in [1.54, 1.807) is 0 Å². The number of nitrogens with two attached hydrogens (primary N) is 1. The summed E-state index contributed by atoms with van der Waals surface area (Å²) in [4.78, 5) is 2.59. The fourth-order valence-electron chi connectivity index (χ4n) is 3.31. The average Bonchev–Trinajstić information content (AvgIpc) is 2.94. The van der Waals surface area contributed by atoms with Crippen molar-refractivity contribution in [3.05, 3.63) is 28.2 Å². The molecule has 2 aliphatic rings. The number of rotatable bonds is 3. The van der Waals surface area contributed by atoms with Gasteiger partial charge in [-0.3, -0.25) is 0 Å².